The summed E-state index contributed by atoms with van der Waals surface area (Å²) < 4.78 is 13.0. The molecule has 11 heteroatoms. The molecule has 0 saturated heterocycles. The van der Waals surface area contributed by atoms with Crippen LogP contribution in [0.15, 0.2) is 70.4 Å². The summed E-state index contributed by atoms with van der Waals surface area (Å²) in [5.74, 6) is 0.382. The van der Waals surface area contributed by atoms with Crippen LogP contribution < -0.4 is 31.4 Å². The zero-order valence-corrected chi connectivity index (χ0v) is 19.2. The van der Waals surface area contributed by atoms with Gasteiger partial charge < -0.3 is 20.1 Å². The zero-order valence-electron chi connectivity index (χ0n) is 19.2. The second-order valence-corrected chi connectivity index (χ2v) is 8.13. The molecule has 36 heavy (non-hydrogen) atoms. The van der Waals surface area contributed by atoms with Gasteiger partial charge in [-0.05, 0) is 48.0 Å². The van der Waals surface area contributed by atoms with E-state index >= 15 is 0 Å². The van der Waals surface area contributed by atoms with E-state index in [1.54, 1.807) is 54.6 Å². The van der Waals surface area contributed by atoms with Crippen molar-refractivity contribution in [3.63, 3.8) is 0 Å². The van der Waals surface area contributed by atoms with Gasteiger partial charge in [0, 0.05) is 24.5 Å². The molecule has 182 valence electrons. The summed E-state index contributed by atoms with van der Waals surface area (Å²) in [6, 6.07) is 14.9. The van der Waals surface area contributed by atoms with Crippen LogP contribution in [0.5, 0.6) is 11.5 Å². The first kappa shape index (κ1) is 22.8. The van der Waals surface area contributed by atoms with Crippen LogP contribution in [-0.4, -0.2) is 32.7 Å². The fourth-order valence-electron chi connectivity index (χ4n) is 3.98. The Kier molecular flexibility index (Phi) is 5.95. The zero-order chi connectivity index (χ0) is 25.2. The highest BCUT2D eigenvalue weighted by Crippen LogP contribution is 2.32. The van der Waals surface area contributed by atoms with Crippen LogP contribution in [0.1, 0.15) is 12.5 Å². The Labute approximate surface area is 203 Å². The number of pyridine rings is 1. The monoisotopic (exact) mass is 487 g/mol. The van der Waals surface area contributed by atoms with Crippen molar-refractivity contribution < 1.29 is 19.1 Å². The minimum absolute atomic E-state index is 0.0405. The van der Waals surface area contributed by atoms with Gasteiger partial charge in [0.15, 0.2) is 17.0 Å². The standard InChI is InChI=1S/C25H21N5O6/c1-15(31)27-17-4-2-5-18(11-17)28-22(32)13-29-19-6-3-9-26-23(19)24(33)30(25(29)34)12-16-7-8-20-21(10-16)36-14-35-20/h2-11H,12-14H2,1H3,(H,27,31)(H,28,32). The summed E-state index contributed by atoms with van der Waals surface area (Å²) in [6.45, 7) is 1.09. The molecular weight excluding hydrogens is 466 g/mol. The van der Waals surface area contributed by atoms with Crippen molar-refractivity contribution in [1.82, 2.24) is 14.1 Å². The number of carbonyl (C=O) groups excluding carboxylic acids is 2. The van der Waals surface area contributed by atoms with E-state index in [1.807, 2.05) is 0 Å². The summed E-state index contributed by atoms with van der Waals surface area (Å²) in [6.07, 6.45) is 1.46. The minimum atomic E-state index is -0.652. The maximum Gasteiger partial charge on any atom is 0.332 e. The fraction of sp³-hybridized carbons (Fsp3) is 0.160. The molecule has 5 rings (SSSR count). The van der Waals surface area contributed by atoms with E-state index < -0.39 is 17.2 Å². The molecule has 11 nitrogen and oxygen atoms in total. The molecule has 0 aliphatic carbocycles. The number of benzene rings is 2. The first-order chi connectivity index (χ1) is 17.4. The van der Waals surface area contributed by atoms with E-state index in [-0.39, 0.29) is 36.8 Å². The van der Waals surface area contributed by atoms with Crippen LogP contribution in [-0.2, 0) is 22.7 Å². The molecule has 0 spiro atoms. The number of amides is 2. The topological polar surface area (TPSA) is 134 Å². The number of carbonyl (C=O) groups is 2. The first-order valence-electron chi connectivity index (χ1n) is 11.0. The van der Waals surface area contributed by atoms with E-state index in [4.69, 9.17) is 9.47 Å². The average Bonchev–Trinajstić information content (AvgIpc) is 3.32. The molecule has 0 bridgehead atoms. The molecule has 2 aromatic heterocycles. The summed E-state index contributed by atoms with van der Waals surface area (Å²) in [5.41, 5.74) is 0.711. The lowest BCUT2D eigenvalue weighted by molar-refractivity contribution is -0.117. The van der Waals surface area contributed by atoms with Crippen molar-refractivity contribution >= 4 is 34.2 Å². The van der Waals surface area contributed by atoms with E-state index in [2.05, 4.69) is 15.6 Å². The average molecular weight is 487 g/mol. The lowest BCUT2D eigenvalue weighted by Crippen LogP contribution is -2.42. The molecule has 1 aliphatic heterocycles. The number of hydrogen-bond acceptors (Lipinski definition) is 7. The van der Waals surface area contributed by atoms with E-state index in [0.29, 0.717) is 28.4 Å². The summed E-state index contributed by atoms with van der Waals surface area (Å²) in [5, 5.41) is 5.37. The smallest absolute Gasteiger partial charge is 0.332 e. The minimum Gasteiger partial charge on any atom is -0.454 e. The van der Waals surface area contributed by atoms with Gasteiger partial charge in [0.05, 0.1) is 12.1 Å². The third-order valence-corrected chi connectivity index (χ3v) is 5.53. The van der Waals surface area contributed by atoms with Gasteiger partial charge in [-0.1, -0.05) is 12.1 Å². The van der Waals surface area contributed by atoms with Crippen LogP contribution in [0.4, 0.5) is 11.4 Å². The number of aromatic nitrogens is 3. The molecule has 0 saturated carbocycles. The van der Waals surface area contributed by atoms with E-state index in [0.717, 1.165) is 4.57 Å². The van der Waals surface area contributed by atoms with Gasteiger partial charge in [0.2, 0.25) is 18.6 Å². The third-order valence-electron chi connectivity index (χ3n) is 5.53. The van der Waals surface area contributed by atoms with Crippen molar-refractivity contribution in [2.24, 2.45) is 0 Å². The molecule has 0 fully saturated rings. The fourth-order valence-corrected chi connectivity index (χ4v) is 3.98. The summed E-state index contributed by atoms with van der Waals surface area (Å²) in [7, 11) is 0. The normalized spacial score (nSPS) is 11.9. The van der Waals surface area contributed by atoms with Crippen LogP contribution in [0.2, 0.25) is 0 Å². The maximum absolute atomic E-state index is 13.4. The van der Waals surface area contributed by atoms with Gasteiger partial charge in [-0.15, -0.1) is 0 Å². The van der Waals surface area contributed by atoms with Gasteiger partial charge in [0.25, 0.3) is 5.56 Å². The van der Waals surface area contributed by atoms with Crippen molar-refractivity contribution in [1.29, 1.82) is 0 Å². The number of rotatable bonds is 6. The molecule has 0 atom stereocenters. The summed E-state index contributed by atoms with van der Waals surface area (Å²) >= 11 is 0. The Morgan fingerprint density at radius 2 is 1.72 bits per heavy atom. The van der Waals surface area contributed by atoms with Crippen LogP contribution in [0.25, 0.3) is 11.0 Å². The molecule has 0 unspecified atom stereocenters. The first-order valence-corrected chi connectivity index (χ1v) is 11.0. The van der Waals surface area contributed by atoms with Crippen molar-refractivity contribution in [3.05, 3.63) is 87.2 Å². The van der Waals surface area contributed by atoms with Gasteiger partial charge in [0.1, 0.15) is 6.54 Å². The molecule has 2 N–H and O–H groups in total. The second kappa shape index (κ2) is 9.37. The Balaban J connectivity index is 1.48. The Hall–Kier alpha value is -4.93. The van der Waals surface area contributed by atoms with Crippen molar-refractivity contribution in [2.75, 3.05) is 17.4 Å². The number of hydrogen-bond donors (Lipinski definition) is 2. The maximum atomic E-state index is 13.4. The molecule has 4 aromatic rings. The van der Waals surface area contributed by atoms with Crippen LogP contribution in [0.3, 0.4) is 0 Å². The predicted molar refractivity (Wildman–Crippen MR) is 131 cm³/mol. The quantitative estimate of drug-likeness (QED) is 0.425. The van der Waals surface area contributed by atoms with E-state index in [9.17, 15) is 19.2 Å². The van der Waals surface area contributed by atoms with E-state index in [1.165, 1.54) is 17.7 Å². The summed E-state index contributed by atoms with van der Waals surface area (Å²) in [4.78, 5) is 54.9. The van der Waals surface area contributed by atoms with Gasteiger partial charge in [-0.2, -0.15) is 0 Å². The van der Waals surface area contributed by atoms with Crippen molar-refractivity contribution in [2.45, 2.75) is 20.0 Å². The molecular formula is C25H21N5O6. The molecule has 1 aliphatic rings. The number of anilines is 2. The third kappa shape index (κ3) is 4.53. The van der Waals surface area contributed by atoms with Gasteiger partial charge in [-0.3, -0.25) is 23.5 Å². The Morgan fingerprint density at radius 3 is 2.53 bits per heavy atom. The highest BCUT2D eigenvalue weighted by Gasteiger charge is 2.18. The van der Waals surface area contributed by atoms with Gasteiger partial charge in [-0.25, -0.2) is 9.78 Å². The molecule has 2 aromatic carbocycles. The SMILES string of the molecule is CC(=O)Nc1cccc(NC(=O)Cn2c(=O)n(Cc3ccc4c(c3)OCO4)c(=O)c3ncccc32)c1. The number of ether oxygens (including phenoxy) is 2. The second-order valence-electron chi connectivity index (χ2n) is 8.13. The van der Waals surface area contributed by atoms with Crippen LogP contribution in [0, 0.1) is 0 Å². The molecule has 3 heterocycles. The highest BCUT2D eigenvalue weighted by atomic mass is 16.7. The lowest BCUT2D eigenvalue weighted by atomic mass is 10.2. The number of fused-ring (bicyclic) bond motifs is 2. The van der Waals surface area contributed by atoms with Gasteiger partial charge >= 0.3 is 5.69 Å². The highest BCUT2D eigenvalue weighted by molar-refractivity contribution is 5.93. The number of nitrogens with one attached hydrogen (secondary N) is 2. The molecule has 0 radical (unpaired) electrons. The number of nitrogens with zero attached hydrogens (tertiary/aromatic N) is 3. The largest absolute Gasteiger partial charge is 0.454 e. The molecule has 2 amide bonds. The Bertz CT molecular complexity index is 1620. The predicted octanol–water partition coefficient (Wildman–Crippen LogP) is 1.93. The van der Waals surface area contributed by atoms with Crippen LogP contribution >= 0.6 is 0 Å². The van der Waals surface area contributed by atoms with Crippen molar-refractivity contribution in [3.8, 4) is 11.5 Å². The lowest BCUT2D eigenvalue weighted by Gasteiger charge is -2.14. The Morgan fingerprint density at radius 1 is 0.944 bits per heavy atom.